The fraction of sp³-hybridized carbons (Fsp3) is 0.238. The first-order valence-corrected chi connectivity index (χ1v) is 10.3. The SMILES string of the molecule is O=C(CSc1ncc(-c2ccc(F)cc2)[nH]1)N1CCN(c2ccccc2F)CC1. The van der Waals surface area contributed by atoms with E-state index in [1.807, 2.05) is 11.0 Å². The van der Waals surface area contributed by atoms with Crippen LogP contribution in [0.4, 0.5) is 14.5 Å². The van der Waals surface area contributed by atoms with Gasteiger partial charge < -0.3 is 14.8 Å². The third kappa shape index (κ3) is 4.59. The number of carbonyl (C=O) groups excluding carboxylic acids is 1. The van der Waals surface area contributed by atoms with Crippen molar-refractivity contribution in [3.63, 3.8) is 0 Å². The average Bonchev–Trinajstić information content (AvgIpc) is 3.22. The van der Waals surface area contributed by atoms with Gasteiger partial charge in [-0.2, -0.15) is 0 Å². The highest BCUT2D eigenvalue weighted by atomic mass is 32.2. The molecule has 1 amide bonds. The van der Waals surface area contributed by atoms with Crippen LogP contribution < -0.4 is 4.90 Å². The van der Waals surface area contributed by atoms with E-state index in [1.54, 1.807) is 35.4 Å². The van der Waals surface area contributed by atoms with Gasteiger partial charge in [0.05, 0.1) is 23.3 Å². The van der Waals surface area contributed by atoms with Crippen LogP contribution in [0, 0.1) is 11.6 Å². The Morgan fingerprint density at radius 2 is 1.76 bits per heavy atom. The molecule has 1 aliphatic rings. The number of nitrogens with one attached hydrogen (secondary N) is 1. The summed E-state index contributed by atoms with van der Waals surface area (Å²) < 4.78 is 27.0. The third-order valence-corrected chi connectivity index (χ3v) is 5.74. The molecule has 3 aromatic rings. The summed E-state index contributed by atoms with van der Waals surface area (Å²) in [6, 6.07) is 12.9. The molecule has 0 aliphatic carbocycles. The molecule has 1 aliphatic heterocycles. The highest BCUT2D eigenvalue weighted by Gasteiger charge is 2.22. The van der Waals surface area contributed by atoms with Crippen molar-refractivity contribution in [2.24, 2.45) is 0 Å². The number of para-hydroxylation sites is 1. The first-order chi connectivity index (χ1) is 14.1. The largest absolute Gasteiger partial charge is 0.366 e. The molecule has 0 atom stereocenters. The number of imidazole rings is 1. The Balaban J connectivity index is 1.29. The van der Waals surface area contributed by atoms with E-state index in [2.05, 4.69) is 9.97 Å². The molecule has 150 valence electrons. The third-order valence-electron chi connectivity index (χ3n) is 4.87. The minimum absolute atomic E-state index is 0.0305. The summed E-state index contributed by atoms with van der Waals surface area (Å²) in [6.45, 7) is 2.33. The van der Waals surface area contributed by atoms with Crippen LogP contribution in [-0.2, 0) is 4.79 Å². The quantitative estimate of drug-likeness (QED) is 0.646. The van der Waals surface area contributed by atoms with Crippen LogP contribution >= 0.6 is 11.8 Å². The van der Waals surface area contributed by atoms with Crippen LogP contribution in [-0.4, -0.2) is 52.7 Å². The van der Waals surface area contributed by atoms with E-state index in [0.29, 0.717) is 37.0 Å². The zero-order valence-electron chi connectivity index (χ0n) is 15.6. The predicted octanol–water partition coefficient (Wildman–Crippen LogP) is 3.80. The van der Waals surface area contributed by atoms with Crippen molar-refractivity contribution in [1.29, 1.82) is 0 Å². The van der Waals surface area contributed by atoms with Crippen LogP contribution in [0.15, 0.2) is 59.9 Å². The van der Waals surface area contributed by atoms with Gasteiger partial charge in [-0.15, -0.1) is 0 Å². The number of nitrogens with zero attached hydrogens (tertiary/aromatic N) is 3. The van der Waals surface area contributed by atoms with Crippen LogP contribution in [0.2, 0.25) is 0 Å². The molecule has 2 aromatic carbocycles. The highest BCUT2D eigenvalue weighted by Crippen LogP contribution is 2.23. The minimum atomic E-state index is -0.288. The first-order valence-electron chi connectivity index (χ1n) is 9.31. The Hall–Kier alpha value is -2.87. The number of halogens is 2. The standard InChI is InChI=1S/C21H20F2N4OS/c22-16-7-5-15(6-8-16)18-13-24-21(25-18)29-14-20(28)27-11-9-26(10-12-27)19-4-2-1-3-17(19)23/h1-8,13H,9-12,14H2,(H,24,25). The van der Waals surface area contributed by atoms with E-state index >= 15 is 0 Å². The summed E-state index contributed by atoms with van der Waals surface area (Å²) >= 11 is 1.33. The van der Waals surface area contributed by atoms with Gasteiger partial charge in [0, 0.05) is 26.2 Å². The number of anilines is 1. The van der Waals surface area contributed by atoms with Crippen molar-refractivity contribution in [2.75, 3.05) is 36.8 Å². The Kier molecular flexibility index (Phi) is 5.80. The molecule has 0 spiro atoms. The minimum Gasteiger partial charge on any atom is -0.366 e. The lowest BCUT2D eigenvalue weighted by atomic mass is 10.2. The summed E-state index contributed by atoms with van der Waals surface area (Å²) in [4.78, 5) is 23.7. The maximum atomic E-state index is 13.9. The number of aromatic nitrogens is 2. The molecule has 29 heavy (non-hydrogen) atoms. The molecular formula is C21H20F2N4OS. The van der Waals surface area contributed by atoms with E-state index in [-0.39, 0.29) is 23.3 Å². The van der Waals surface area contributed by atoms with E-state index in [1.165, 1.54) is 30.0 Å². The molecule has 4 rings (SSSR count). The number of aromatic amines is 1. The predicted molar refractivity (Wildman–Crippen MR) is 110 cm³/mol. The van der Waals surface area contributed by atoms with Gasteiger partial charge in [-0.05, 0) is 42.0 Å². The van der Waals surface area contributed by atoms with Gasteiger partial charge in [-0.1, -0.05) is 23.9 Å². The Labute approximate surface area is 171 Å². The first kappa shape index (κ1) is 19.4. The van der Waals surface area contributed by atoms with Crippen molar-refractivity contribution in [2.45, 2.75) is 5.16 Å². The number of carbonyl (C=O) groups is 1. The van der Waals surface area contributed by atoms with E-state index in [0.717, 1.165) is 11.3 Å². The number of hydrogen-bond donors (Lipinski definition) is 1. The number of benzene rings is 2. The van der Waals surface area contributed by atoms with E-state index in [4.69, 9.17) is 0 Å². The number of thioether (sulfide) groups is 1. The number of hydrogen-bond acceptors (Lipinski definition) is 4. The summed E-state index contributed by atoms with van der Waals surface area (Å²) in [5, 5.41) is 0.641. The van der Waals surface area contributed by atoms with Gasteiger partial charge in [-0.3, -0.25) is 4.79 Å². The Morgan fingerprint density at radius 3 is 2.48 bits per heavy atom. The molecule has 0 bridgehead atoms. The molecule has 1 saturated heterocycles. The van der Waals surface area contributed by atoms with Crippen molar-refractivity contribution < 1.29 is 13.6 Å². The number of rotatable bonds is 5. The van der Waals surface area contributed by atoms with Gasteiger partial charge in [0.1, 0.15) is 11.6 Å². The topological polar surface area (TPSA) is 52.2 Å². The monoisotopic (exact) mass is 414 g/mol. The lowest BCUT2D eigenvalue weighted by Gasteiger charge is -2.36. The van der Waals surface area contributed by atoms with Gasteiger partial charge in [0.25, 0.3) is 0 Å². The van der Waals surface area contributed by atoms with E-state index in [9.17, 15) is 13.6 Å². The van der Waals surface area contributed by atoms with Crippen molar-refractivity contribution in [3.05, 3.63) is 66.4 Å². The maximum absolute atomic E-state index is 13.9. The summed E-state index contributed by atoms with van der Waals surface area (Å²) in [5.41, 5.74) is 2.19. The van der Waals surface area contributed by atoms with E-state index < -0.39 is 0 Å². The second kappa shape index (κ2) is 8.65. The van der Waals surface area contributed by atoms with Crippen molar-refractivity contribution >= 4 is 23.4 Å². The normalized spacial score (nSPS) is 14.3. The second-order valence-electron chi connectivity index (χ2n) is 6.72. The molecule has 1 aromatic heterocycles. The molecule has 2 heterocycles. The maximum Gasteiger partial charge on any atom is 0.233 e. The Bertz CT molecular complexity index is 984. The number of H-pyrrole nitrogens is 1. The molecule has 0 unspecified atom stereocenters. The van der Waals surface area contributed by atoms with Crippen LogP contribution in [0.25, 0.3) is 11.3 Å². The fourth-order valence-electron chi connectivity index (χ4n) is 3.28. The molecule has 0 saturated carbocycles. The van der Waals surface area contributed by atoms with Crippen molar-refractivity contribution in [3.8, 4) is 11.3 Å². The molecule has 5 nitrogen and oxygen atoms in total. The highest BCUT2D eigenvalue weighted by molar-refractivity contribution is 7.99. The zero-order chi connectivity index (χ0) is 20.2. The smallest absolute Gasteiger partial charge is 0.233 e. The van der Waals surface area contributed by atoms with Gasteiger partial charge >= 0.3 is 0 Å². The molecule has 1 fully saturated rings. The lowest BCUT2D eigenvalue weighted by Crippen LogP contribution is -2.49. The molecule has 1 N–H and O–H groups in total. The molecule has 0 radical (unpaired) electrons. The van der Waals surface area contributed by atoms with Crippen LogP contribution in [0.3, 0.4) is 0 Å². The summed E-state index contributed by atoms with van der Waals surface area (Å²) in [6.07, 6.45) is 1.67. The average molecular weight is 414 g/mol. The number of amides is 1. The lowest BCUT2D eigenvalue weighted by molar-refractivity contribution is -0.128. The zero-order valence-corrected chi connectivity index (χ0v) is 16.5. The molecule has 8 heteroatoms. The summed E-state index contributed by atoms with van der Waals surface area (Å²) in [7, 11) is 0. The fourth-order valence-corrected chi connectivity index (χ4v) is 4.03. The van der Waals surface area contributed by atoms with Crippen molar-refractivity contribution in [1.82, 2.24) is 14.9 Å². The second-order valence-corrected chi connectivity index (χ2v) is 7.68. The number of piperazine rings is 1. The Morgan fingerprint density at radius 1 is 1.03 bits per heavy atom. The van der Waals surface area contributed by atoms with Crippen LogP contribution in [0.5, 0.6) is 0 Å². The van der Waals surface area contributed by atoms with Gasteiger partial charge in [-0.25, -0.2) is 13.8 Å². The van der Waals surface area contributed by atoms with Gasteiger partial charge in [0.15, 0.2) is 5.16 Å². The summed E-state index contributed by atoms with van der Waals surface area (Å²) in [5.74, 6) is -0.222. The van der Waals surface area contributed by atoms with Gasteiger partial charge in [0.2, 0.25) is 5.91 Å². The van der Waals surface area contributed by atoms with Crippen LogP contribution in [0.1, 0.15) is 0 Å². The molecular weight excluding hydrogens is 394 g/mol.